The largest absolute Gasteiger partial charge is 0.468 e. The van der Waals surface area contributed by atoms with Crippen LogP contribution in [0, 0.1) is 6.92 Å². The number of hydrogen-bond donors (Lipinski definition) is 0. The minimum atomic E-state index is -0.425. The van der Waals surface area contributed by atoms with Crippen molar-refractivity contribution in [1.29, 1.82) is 0 Å². The lowest BCUT2D eigenvalue weighted by Crippen LogP contribution is -2.61. The zero-order chi connectivity index (χ0) is 58.4. The molecule has 0 amide bonds. The molecule has 5 heteroatoms. The molecular formula is C72H80BN3O. The Kier molecular flexibility index (Phi) is 9.70. The summed E-state index contributed by atoms with van der Waals surface area (Å²) in [5.74, 6) is 0.412. The average Bonchev–Trinajstić information content (AvgIpc) is 1.53. The van der Waals surface area contributed by atoms with E-state index in [9.17, 15) is 2.74 Å². The Morgan fingerprint density at radius 1 is 0.571 bits per heavy atom. The van der Waals surface area contributed by atoms with Crippen molar-refractivity contribution >= 4 is 85.5 Å². The molecule has 1 atom stereocenters. The molecule has 0 bridgehead atoms. The first kappa shape index (κ1) is 44.5. The van der Waals surface area contributed by atoms with Crippen LogP contribution in [0.5, 0.6) is 0 Å². The number of anilines is 9. The molecule has 7 aromatic carbocycles. The molecule has 77 heavy (non-hydrogen) atoms. The predicted molar refractivity (Wildman–Crippen MR) is 330 cm³/mol. The summed E-state index contributed by atoms with van der Waals surface area (Å²) in [6, 6.07) is 36.7. The molecular weight excluding hydrogens is 934 g/mol. The van der Waals surface area contributed by atoms with Gasteiger partial charge in [-0.05, 0) is 212 Å². The SMILES string of the molecule is [2H]c1c([2H])c([2H])c(N(c2ccccc2)c2cc3c4c(c2)N(c2ccc5c(c2)C(C)(C)CCC5C)c2c(oc5cc6c(cc25)C(C)(C)CCC6(C)C)B4c2cc(C(C)(C)C)ccc2N3c2cc3c(cc2C)C(C)(C)CCC3(C)C)c([2H])c1[2H]. The van der Waals surface area contributed by atoms with Crippen LogP contribution in [0.1, 0.15) is 193 Å². The summed E-state index contributed by atoms with van der Waals surface area (Å²) in [6.07, 6.45) is 6.52. The topological polar surface area (TPSA) is 22.9 Å². The van der Waals surface area contributed by atoms with E-state index in [4.69, 9.17) is 8.53 Å². The zero-order valence-electron chi connectivity index (χ0n) is 53.5. The van der Waals surface area contributed by atoms with E-state index in [0.717, 1.165) is 100 Å². The molecule has 0 N–H and O–H groups in total. The van der Waals surface area contributed by atoms with Gasteiger partial charge in [0.25, 0.3) is 6.71 Å². The fraction of sp³-hybridized carbons (Fsp3) is 0.389. The van der Waals surface area contributed by atoms with Crippen LogP contribution in [0.3, 0.4) is 0 Å². The van der Waals surface area contributed by atoms with Crippen LogP contribution < -0.4 is 31.3 Å². The Labute approximate surface area is 468 Å². The zero-order valence-corrected chi connectivity index (χ0v) is 48.5. The van der Waals surface area contributed by atoms with Gasteiger partial charge in [-0.15, -0.1) is 0 Å². The van der Waals surface area contributed by atoms with Gasteiger partial charge in [0.15, 0.2) is 0 Å². The van der Waals surface area contributed by atoms with Gasteiger partial charge in [-0.3, -0.25) is 0 Å². The van der Waals surface area contributed by atoms with Gasteiger partial charge < -0.3 is 19.1 Å². The lowest BCUT2D eigenvalue weighted by atomic mass is 9.35. The van der Waals surface area contributed by atoms with Crippen LogP contribution in [0.15, 0.2) is 138 Å². The Balaban J connectivity index is 1.23. The molecule has 5 aliphatic rings. The lowest BCUT2D eigenvalue weighted by Gasteiger charge is -2.46. The molecule has 13 rings (SSSR count). The summed E-state index contributed by atoms with van der Waals surface area (Å²) in [7, 11) is 0. The van der Waals surface area contributed by atoms with E-state index < -0.39 is 6.04 Å². The first-order valence-corrected chi connectivity index (χ1v) is 28.7. The molecule has 3 aliphatic carbocycles. The van der Waals surface area contributed by atoms with Crippen LogP contribution in [0.4, 0.5) is 51.2 Å². The number of hydrogen-bond acceptors (Lipinski definition) is 4. The van der Waals surface area contributed by atoms with E-state index >= 15 is 0 Å². The minimum Gasteiger partial charge on any atom is -0.468 e. The fourth-order valence-corrected chi connectivity index (χ4v) is 14.5. The van der Waals surface area contributed by atoms with Crippen molar-refractivity contribution in [3.8, 4) is 0 Å². The van der Waals surface area contributed by atoms with Gasteiger partial charge in [-0.25, -0.2) is 0 Å². The van der Waals surface area contributed by atoms with E-state index in [2.05, 4.69) is 186 Å². The van der Waals surface area contributed by atoms with Gasteiger partial charge in [0.05, 0.1) is 23.9 Å². The maximum atomic E-state index is 9.69. The van der Waals surface area contributed by atoms with Gasteiger partial charge in [0.1, 0.15) is 5.58 Å². The summed E-state index contributed by atoms with van der Waals surface area (Å²) in [5, 5.41) is 1.07. The third-order valence-electron chi connectivity index (χ3n) is 19.6. The van der Waals surface area contributed by atoms with E-state index in [1.54, 1.807) is 0 Å². The molecule has 4 nitrogen and oxygen atoms in total. The monoisotopic (exact) mass is 1020 g/mol. The third kappa shape index (κ3) is 7.66. The number of benzene rings is 7. The highest BCUT2D eigenvalue weighted by atomic mass is 16.3. The predicted octanol–water partition coefficient (Wildman–Crippen LogP) is 18.5. The molecule has 392 valence electrons. The average molecular weight is 1020 g/mol. The van der Waals surface area contributed by atoms with Gasteiger partial charge in [0.2, 0.25) is 0 Å². The maximum absolute atomic E-state index is 9.69. The summed E-state index contributed by atoms with van der Waals surface area (Å²) in [4.78, 5) is 6.91. The Hall–Kier alpha value is -6.46. The van der Waals surface area contributed by atoms with Crippen molar-refractivity contribution in [3.05, 3.63) is 178 Å². The Morgan fingerprint density at radius 3 is 1.82 bits per heavy atom. The highest BCUT2D eigenvalue weighted by Crippen LogP contribution is 2.56. The van der Waals surface area contributed by atoms with Crippen LogP contribution in [-0.2, 0) is 32.5 Å². The van der Waals surface area contributed by atoms with E-state index in [-0.39, 0.29) is 69.1 Å². The van der Waals surface area contributed by atoms with E-state index in [0.29, 0.717) is 17.3 Å². The molecule has 3 heterocycles. The number of aryl methyl sites for hydroxylation is 1. The second-order valence-electron chi connectivity index (χ2n) is 28.2. The van der Waals surface area contributed by atoms with Crippen molar-refractivity contribution < 1.29 is 11.3 Å². The molecule has 0 saturated carbocycles. The molecule has 1 unspecified atom stereocenters. The minimum absolute atomic E-state index is 0.0110. The van der Waals surface area contributed by atoms with Crippen molar-refractivity contribution in [1.82, 2.24) is 0 Å². The summed E-state index contributed by atoms with van der Waals surface area (Å²) in [5.41, 5.74) is 21.7. The number of para-hydroxylation sites is 2. The van der Waals surface area contributed by atoms with Crippen molar-refractivity contribution in [3.63, 3.8) is 0 Å². The molecule has 0 spiro atoms. The fourth-order valence-electron chi connectivity index (χ4n) is 14.5. The van der Waals surface area contributed by atoms with E-state index in [1.807, 2.05) is 35.2 Å². The van der Waals surface area contributed by atoms with E-state index in [1.165, 1.54) is 44.4 Å². The third-order valence-corrected chi connectivity index (χ3v) is 19.6. The van der Waals surface area contributed by atoms with Gasteiger partial charge in [-0.1, -0.05) is 158 Å². The second-order valence-corrected chi connectivity index (χ2v) is 28.2. The van der Waals surface area contributed by atoms with Gasteiger partial charge >= 0.3 is 0 Å². The van der Waals surface area contributed by atoms with Crippen LogP contribution in [0.25, 0.3) is 11.0 Å². The molecule has 0 fully saturated rings. The van der Waals surface area contributed by atoms with Gasteiger partial charge in [0, 0.05) is 45.2 Å². The summed E-state index contributed by atoms with van der Waals surface area (Å²) in [6.45, 7) is 35.2. The maximum Gasteiger partial charge on any atom is 0.297 e. The second kappa shape index (κ2) is 16.8. The number of furan rings is 1. The quantitative estimate of drug-likeness (QED) is 0.160. The highest BCUT2D eigenvalue weighted by Gasteiger charge is 2.50. The molecule has 2 aliphatic heterocycles. The van der Waals surface area contributed by atoms with Crippen LogP contribution in [-0.4, -0.2) is 6.71 Å². The van der Waals surface area contributed by atoms with Crippen molar-refractivity contribution in [2.45, 2.75) is 181 Å². The van der Waals surface area contributed by atoms with Crippen LogP contribution in [0.2, 0.25) is 0 Å². The molecule has 0 saturated heterocycles. The smallest absolute Gasteiger partial charge is 0.297 e. The lowest BCUT2D eigenvalue weighted by molar-refractivity contribution is 0.332. The first-order chi connectivity index (χ1) is 38.4. The highest BCUT2D eigenvalue weighted by molar-refractivity contribution is 7.00. The number of fused-ring (bicyclic) bond motifs is 9. The molecule has 8 aromatic rings. The Bertz CT molecular complexity index is 4000. The van der Waals surface area contributed by atoms with Crippen molar-refractivity contribution in [2.75, 3.05) is 14.7 Å². The van der Waals surface area contributed by atoms with Crippen molar-refractivity contribution in [2.24, 2.45) is 0 Å². The molecule has 1 aromatic heterocycles. The van der Waals surface area contributed by atoms with Gasteiger partial charge in [-0.2, -0.15) is 0 Å². The standard InChI is InChI=1S/C72H80BN3O/c1-44-30-31-68(6,7)53-38-49(27-28-51(44)53)75-61-39-50(74(47-22-18-16-19-23-47)48-24-20-17-21-25-48)40-62-64(61)73(66-65(75)52-41-55-57(43-63(52)77-66)72(14,15)35-33-70(55,10)11)58-37-46(67(3,4)5)26-29-59(58)76(62)60-42-56-54(36-45(60)2)69(8,9)32-34-71(56,12)13/h16-29,36-44H,30-35H2,1-15H3/i16D,18D,19D,22D,23D. The summed E-state index contributed by atoms with van der Waals surface area (Å²) >= 11 is 0. The molecule has 0 radical (unpaired) electrons. The number of nitrogens with zero attached hydrogens (tertiary/aromatic N) is 3. The summed E-state index contributed by atoms with van der Waals surface area (Å²) < 4.78 is 54.2. The number of rotatable bonds is 5. The normalized spacial score (nSPS) is 20.8. The Morgan fingerprint density at radius 2 is 1.17 bits per heavy atom. The first-order valence-electron chi connectivity index (χ1n) is 31.2. The van der Waals surface area contributed by atoms with Crippen LogP contribution >= 0.6 is 0 Å².